The minimum atomic E-state index is 0.269. The Labute approximate surface area is 139 Å². The highest BCUT2D eigenvalue weighted by Gasteiger charge is 2.27. The van der Waals surface area contributed by atoms with E-state index in [2.05, 4.69) is 27.2 Å². The highest BCUT2D eigenvalue weighted by molar-refractivity contribution is 5.95. The molecular formula is C19H29N3O. The molecule has 4 nitrogen and oxygen atoms in total. The smallest absolute Gasteiger partial charge is 0.241 e. The van der Waals surface area contributed by atoms with Crippen molar-refractivity contribution in [3.63, 3.8) is 0 Å². The van der Waals surface area contributed by atoms with Crippen LogP contribution in [0.1, 0.15) is 38.5 Å². The number of piperidine rings is 1. The molecule has 3 rings (SSSR count). The topological polar surface area (TPSA) is 35.6 Å². The molecule has 2 heterocycles. The van der Waals surface area contributed by atoms with Gasteiger partial charge in [0.15, 0.2) is 0 Å². The molecule has 2 fully saturated rings. The summed E-state index contributed by atoms with van der Waals surface area (Å²) in [5.41, 5.74) is 1.05. The van der Waals surface area contributed by atoms with E-state index in [-0.39, 0.29) is 5.91 Å². The van der Waals surface area contributed by atoms with Crippen molar-refractivity contribution in [3.05, 3.63) is 30.3 Å². The Bertz CT molecular complexity index is 477. The minimum Gasteiger partial charge on any atom is -0.317 e. The van der Waals surface area contributed by atoms with E-state index in [1.54, 1.807) is 0 Å². The third-order valence-corrected chi connectivity index (χ3v) is 5.03. The van der Waals surface area contributed by atoms with E-state index < -0.39 is 0 Å². The van der Waals surface area contributed by atoms with Gasteiger partial charge in [-0.15, -0.1) is 0 Å². The largest absolute Gasteiger partial charge is 0.317 e. The molecule has 0 aliphatic carbocycles. The Kier molecular flexibility index (Phi) is 6.06. The van der Waals surface area contributed by atoms with E-state index in [0.717, 1.165) is 44.7 Å². The second kappa shape index (κ2) is 8.46. The van der Waals surface area contributed by atoms with Crippen LogP contribution in [0.3, 0.4) is 0 Å². The molecule has 1 amide bonds. The second-order valence-corrected chi connectivity index (χ2v) is 6.77. The number of likely N-dealkylation sites (tertiary alicyclic amines) is 1. The fraction of sp³-hybridized carbons (Fsp3) is 0.632. The molecule has 0 saturated carbocycles. The average molecular weight is 315 g/mol. The standard InChI is InChI=1S/C19H29N3O/c23-19(16-21-14-6-1-2-7-15-21)22(17-8-4-3-5-9-17)18-10-12-20-13-11-18/h3-5,8-9,18,20H,1-2,6-7,10-16H2. The number of hydrogen-bond donors (Lipinski definition) is 1. The van der Waals surface area contributed by atoms with Gasteiger partial charge < -0.3 is 10.2 Å². The number of para-hydroxylation sites is 1. The number of benzene rings is 1. The number of nitrogens with zero attached hydrogens (tertiary/aromatic N) is 2. The Morgan fingerprint density at radius 1 is 1.04 bits per heavy atom. The molecule has 0 atom stereocenters. The van der Waals surface area contributed by atoms with Crippen LogP contribution in [-0.2, 0) is 4.79 Å². The SMILES string of the molecule is O=C(CN1CCCCCC1)N(c1ccccc1)C1CCNCC1. The fourth-order valence-electron chi connectivity index (χ4n) is 3.77. The van der Waals surface area contributed by atoms with Crippen LogP contribution in [0.25, 0.3) is 0 Å². The van der Waals surface area contributed by atoms with Crippen LogP contribution in [0.5, 0.6) is 0 Å². The molecule has 2 saturated heterocycles. The molecule has 0 unspecified atom stereocenters. The lowest BCUT2D eigenvalue weighted by molar-refractivity contribution is -0.120. The predicted octanol–water partition coefficient (Wildman–Crippen LogP) is 2.65. The number of carbonyl (C=O) groups excluding carboxylic acids is 1. The maximum Gasteiger partial charge on any atom is 0.241 e. The first-order valence-electron chi connectivity index (χ1n) is 9.15. The number of hydrogen-bond acceptors (Lipinski definition) is 3. The molecule has 2 aliphatic rings. The molecule has 4 heteroatoms. The summed E-state index contributed by atoms with van der Waals surface area (Å²) in [4.78, 5) is 17.5. The van der Waals surface area contributed by atoms with Gasteiger partial charge in [0.1, 0.15) is 0 Å². The monoisotopic (exact) mass is 315 g/mol. The third-order valence-electron chi connectivity index (χ3n) is 5.03. The molecule has 1 aromatic carbocycles. The molecule has 0 spiro atoms. The fourth-order valence-corrected chi connectivity index (χ4v) is 3.77. The number of carbonyl (C=O) groups is 1. The quantitative estimate of drug-likeness (QED) is 0.928. The Balaban J connectivity index is 1.72. The first kappa shape index (κ1) is 16.5. The highest BCUT2D eigenvalue weighted by Crippen LogP contribution is 2.22. The van der Waals surface area contributed by atoms with Gasteiger partial charge in [-0.3, -0.25) is 9.69 Å². The van der Waals surface area contributed by atoms with Crippen molar-refractivity contribution in [2.45, 2.75) is 44.6 Å². The van der Waals surface area contributed by atoms with Crippen molar-refractivity contribution < 1.29 is 4.79 Å². The predicted molar refractivity (Wildman–Crippen MR) is 94.7 cm³/mol. The second-order valence-electron chi connectivity index (χ2n) is 6.77. The Hall–Kier alpha value is -1.39. The zero-order valence-electron chi connectivity index (χ0n) is 14.0. The van der Waals surface area contributed by atoms with Crippen molar-refractivity contribution in [1.82, 2.24) is 10.2 Å². The molecule has 23 heavy (non-hydrogen) atoms. The third kappa shape index (κ3) is 4.55. The van der Waals surface area contributed by atoms with Crippen LogP contribution < -0.4 is 10.2 Å². The molecule has 126 valence electrons. The summed E-state index contributed by atoms with van der Waals surface area (Å²) in [6, 6.07) is 10.6. The van der Waals surface area contributed by atoms with E-state index in [0.29, 0.717) is 12.6 Å². The molecule has 0 bridgehead atoms. The van der Waals surface area contributed by atoms with Gasteiger partial charge in [-0.1, -0.05) is 31.0 Å². The summed E-state index contributed by atoms with van der Waals surface area (Å²) < 4.78 is 0. The molecule has 0 radical (unpaired) electrons. The van der Waals surface area contributed by atoms with Gasteiger partial charge in [0.25, 0.3) is 0 Å². The number of amides is 1. The lowest BCUT2D eigenvalue weighted by Crippen LogP contribution is -2.49. The summed E-state index contributed by atoms with van der Waals surface area (Å²) in [5, 5.41) is 3.40. The van der Waals surface area contributed by atoms with Crippen LogP contribution >= 0.6 is 0 Å². The van der Waals surface area contributed by atoms with Gasteiger partial charge in [0, 0.05) is 11.7 Å². The van der Waals surface area contributed by atoms with Crippen molar-refractivity contribution in [3.8, 4) is 0 Å². The maximum atomic E-state index is 13.1. The van der Waals surface area contributed by atoms with E-state index in [9.17, 15) is 4.79 Å². The molecule has 1 aromatic rings. The first-order valence-corrected chi connectivity index (χ1v) is 9.15. The Morgan fingerprint density at radius 2 is 1.70 bits per heavy atom. The normalized spacial score (nSPS) is 20.9. The molecular weight excluding hydrogens is 286 g/mol. The van der Waals surface area contributed by atoms with Crippen molar-refractivity contribution in [1.29, 1.82) is 0 Å². The van der Waals surface area contributed by atoms with E-state index in [1.165, 1.54) is 25.7 Å². The first-order chi connectivity index (χ1) is 11.3. The van der Waals surface area contributed by atoms with E-state index >= 15 is 0 Å². The van der Waals surface area contributed by atoms with Crippen molar-refractivity contribution in [2.75, 3.05) is 37.6 Å². The summed E-state index contributed by atoms with van der Waals surface area (Å²) >= 11 is 0. The minimum absolute atomic E-state index is 0.269. The van der Waals surface area contributed by atoms with Crippen molar-refractivity contribution in [2.24, 2.45) is 0 Å². The van der Waals surface area contributed by atoms with Gasteiger partial charge in [-0.05, 0) is 64.0 Å². The van der Waals surface area contributed by atoms with Crippen LogP contribution in [0.2, 0.25) is 0 Å². The van der Waals surface area contributed by atoms with Gasteiger partial charge in [-0.25, -0.2) is 0 Å². The molecule has 1 N–H and O–H groups in total. The van der Waals surface area contributed by atoms with Gasteiger partial charge in [-0.2, -0.15) is 0 Å². The van der Waals surface area contributed by atoms with Crippen LogP contribution in [-0.4, -0.2) is 49.6 Å². The summed E-state index contributed by atoms with van der Waals surface area (Å²) in [6.07, 6.45) is 7.15. The Morgan fingerprint density at radius 3 is 2.35 bits per heavy atom. The summed E-state index contributed by atoms with van der Waals surface area (Å²) in [7, 11) is 0. The van der Waals surface area contributed by atoms with E-state index in [1.807, 2.05) is 18.2 Å². The van der Waals surface area contributed by atoms with Crippen LogP contribution in [0, 0.1) is 0 Å². The lowest BCUT2D eigenvalue weighted by atomic mass is 10.0. The van der Waals surface area contributed by atoms with Crippen LogP contribution in [0.15, 0.2) is 30.3 Å². The maximum absolute atomic E-state index is 13.1. The summed E-state index contributed by atoms with van der Waals surface area (Å²) in [6.45, 7) is 4.72. The zero-order chi connectivity index (χ0) is 15.9. The number of anilines is 1. The van der Waals surface area contributed by atoms with Crippen LogP contribution in [0.4, 0.5) is 5.69 Å². The lowest BCUT2D eigenvalue weighted by Gasteiger charge is -2.36. The average Bonchev–Trinajstić information content (AvgIpc) is 2.86. The van der Waals surface area contributed by atoms with Gasteiger partial charge in [0.05, 0.1) is 6.54 Å². The molecule has 2 aliphatic heterocycles. The van der Waals surface area contributed by atoms with Crippen molar-refractivity contribution >= 4 is 11.6 Å². The summed E-state index contributed by atoms with van der Waals surface area (Å²) in [5.74, 6) is 0.269. The number of rotatable bonds is 4. The zero-order valence-corrected chi connectivity index (χ0v) is 14.0. The number of nitrogens with one attached hydrogen (secondary N) is 1. The van der Waals surface area contributed by atoms with Gasteiger partial charge >= 0.3 is 0 Å². The van der Waals surface area contributed by atoms with E-state index in [4.69, 9.17) is 0 Å². The highest BCUT2D eigenvalue weighted by atomic mass is 16.2. The molecule has 0 aromatic heterocycles. The van der Waals surface area contributed by atoms with Gasteiger partial charge in [0.2, 0.25) is 5.91 Å².